The van der Waals surface area contributed by atoms with E-state index >= 15 is 0 Å². The van der Waals surface area contributed by atoms with Gasteiger partial charge in [-0.25, -0.2) is 22.4 Å². The SMILES string of the molecule is CC(C)c1cc2[nH]c(=O)c(C(=O)Oc3c(F)c(F)c(F)c(F)c3F)cc2cc1F. The van der Waals surface area contributed by atoms with Crippen LogP contribution in [0.2, 0.25) is 0 Å². The van der Waals surface area contributed by atoms with Gasteiger partial charge in [0.1, 0.15) is 11.4 Å². The summed E-state index contributed by atoms with van der Waals surface area (Å²) in [5.74, 6) is -16.2. The molecule has 1 heterocycles. The third-order valence-corrected chi connectivity index (χ3v) is 4.17. The molecule has 0 saturated heterocycles. The highest BCUT2D eigenvalue weighted by Crippen LogP contribution is 2.30. The number of hydrogen-bond donors (Lipinski definition) is 1. The second kappa shape index (κ2) is 7.26. The van der Waals surface area contributed by atoms with Crippen molar-refractivity contribution < 1.29 is 35.9 Å². The van der Waals surface area contributed by atoms with E-state index in [0.717, 1.165) is 12.1 Å². The van der Waals surface area contributed by atoms with Gasteiger partial charge in [-0.3, -0.25) is 4.79 Å². The van der Waals surface area contributed by atoms with Crippen LogP contribution < -0.4 is 10.3 Å². The van der Waals surface area contributed by atoms with Gasteiger partial charge in [0.2, 0.25) is 34.8 Å². The molecule has 0 bridgehead atoms. The van der Waals surface area contributed by atoms with Gasteiger partial charge >= 0.3 is 5.97 Å². The number of carbonyl (C=O) groups is 1. The summed E-state index contributed by atoms with van der Waals surface area (Å²) in [7, 11) is 0. The normalized spacial score (nSPS) is 11.3. The van der Waals surface area contributed by atoms with E-state index < -0.39 is 57.7 Å². The second-order valence-corrected chi connectivity index (χ2v) is 6.42. The average molecular weight is 415 g/mol. The van der Waals surface area contributed by atoms with E-state index in [4.69, 9.17) is 0 Å². The molecule has 0 atom stereocenters. The zero-order valence-corrected chi connectivity index (χ0v) is 14.8. The standard InChI is InChI=1S/C19H11F6NO3/c1-6(2)8-5-11-7(4-10(8)20)3-9(18(27)26-11)19(28)29-17-15(24)13(22)12(21)14(23)16(17)25/h3-6H,1-2H3,(H,26,27). The minimum Gasteiger partial charge on any atom is -0.416 e. The van der Waals surface area contributed by atoms with Gasteiger partial charge in [-0.1, -0.05) is 13.8 Å². The third kappa shape index (κ3) is 3.45. The minimum absolute atomic E-state index is 0.0517. The van der Waals surface area contributed by atoms with Crippen molar-refractivity contribution in [1.82, 2.24) is 4.98 Å². The number of aromatic amines is 1. The van der Waals surface area contributed by atoms with Crippen LogP contribution in [-0.4, -0.2) is 11.0 Å². The van der Waals surface area contributed by atoms with E-state index in [2.05, 4.69) is 9.72 Å². The lowest BCUT2D eigenvalue weighted by Crippen LogP contribution is -2.23. The van der Waals surface area contributed by atoms with E-state index in [1.54, 1.807) is 13.8 Å². The van der Waals surface area contributed by atoms with Crippen molar-refractivity contribution >= 4 is 16.9 Å². The third-order valence-electron chi connectivity index (χ3n) is 4.17. The van der Waals surface area contributed by atoms with Crippen LogP contribution in [0.5, 0.6) is 5.75 Å². The zero-order chi connectivity index (χ0) is 21.6. The first kappa shape index (κ1) is 20.4. The number of benzene rings is 2. The summed E-state index contributed by atoms with van der Waals surface area (Å²) in [5.41, 5.74) is -1.41. The van der Waals surface area contributed by atoms with Gasteiger partial charge in [-0.05, 0) is 29.7 Å². The maximum Gasteiger partial charge on any atom is 0.349 e. The molecule has 3 rings (SSSR count). The molecule has 0 unspecified atom stereocenters. The van der Waals surface area contributed by atoms with Crippen molar-refractivity contribution in [2.24, 2.45) is 0 Å². The molecule has 1 N–H and O–H groups in total. The number of pyridine rings is 1. The summed E-state index contributed by atoms with van der Waals surface area (Å²) < 4.78 is 85.3. The van der Waals surface area contributed by atoms with Crippen molar-refractivity contribution in [3.05, 3.63) is 74.6 Å². The molecule has 0 aliphatic heterocycles. The summed E-state index contributed by atoms with van der Waals surface area (Å²) in [5, 5.41) is 0.0517. The minimum atomic E-state index is -2.43. The number of H-pyrrole nitrogens is 1. The molecule has 29 heavy (non-hydrogen) atoms. The van der Waals surface area contributed by atoms with Crippen molar-refractivity contribution in [2.45, 2.75) is 19.8 Å². The van der Waals surface area contributed by atoms with Crippen LogP contribution in [0.1, 0.15) is 35.7 Å². The summed E-state index contributed by atoms with van der Waals surface area (Å²) in [6.07, 6.45) is 0. The van der Waals surface area contributed by atoms with E-state index in [1.165, 1.54) is 6.07 Å². The Labute approximate surface area is 158 Å². The highest BCUT2D eigenvalue weighted by atomic mass is 19.2. The molecule has 0 saturated carbocycles. The smallest absolute Gasteiger partial charge is 0.349 e. The second-order valence-electron chi connectivity index (χ2n) is 6.42. The molecule has 0 aliphatic rings. The number of aromatic nitrogens is 1. The van der Waals surface area contributed by atoms with Crippen LogP contribution in [0.3, 0.4) is 0 Å². The fourth-order valence-corrected chi connectivity index (χ4v) is 2.66. The van der Waals surface area contributed by atoms with Gasteiger partial charge in [0.05, 0.1) is 0 Å². The first-order chi connectivity index (χ1) is 13.5. The zero-order valence-electron chi connectivity index (χ0n) is 14.8. The lowest BCUT2D eigenvalue weighted by Gasteiger charge is -2.11. The van der Waals surface area contributed by atoms with Gasteiger partial charge < -0.3 is 9.72 Å². The topological polar surface area (TPSA) is 59.2 Å². The molecule has 4 nitrogen and oxygen atoms in total. The number of halogens is 6. The summed E-state index contributed by atoms with van der Waals surface area (Å²) in [6, 6.07) is 3.27. The van der Waals surface area contributed by atoms with E-state index in [9.17, 15) is 35.9 Å². The summed E-state index contributed by atoms with van der Waals surface area (Å²) >= 11 is 0. The predicted octanol–water partition coefficient (Wildman–Crippen LogP) is 4.71. The predicted molar refractivity (Wildman–Crippen MR) is 89.8 cm³/mol. The molecule has 0 spiro atoms. The van der Waals surface area contributed by atoms with Gasteiger partial charge in [0.25, 0.3) is 5.56 Å². The Balaban J connectivity index is 2.08. The number of hydrogen-bond acceptors (Lipinski definition) is 3. The van der Waals surface area contributed by atoms with Crippen LogP contribution >= 0.6 is 0 Å². The first-order valence-corrected chi connectivity index (χ1v) is 8.13. The van der Waals surface area contributed by atoms with Gasteiger partial charge in [0.15, 0.2) is 0 Å². The van der Waals surface area contributed by atoms with Crippen molar-refractivity contribution in [3.8, 4) is 5.75 Å². The Morgan fingerprint density at radius 1 is 0.897 bits per heavy atom. The monoisotopic (exact) mass is 415 g/mol. The number of rotatable bonds is 3. The fraction of sp³-hybridized carbons (Fsp3) is 0.158. The van der Waals surface area contributed by atoms with Crippen LogP contribution in [-0.2, 0) is 0 Å². The van der Waals surface area contributed by atoms with Gasteiger partial charge in [0, 0.05) is 10.9 Å². The van der Waals surface area contributed by atoms with Crippen LogP contribution in [0.4, 0.5) is 26.3 Å². The molecular weight excluding hydrogens is 404 g/mol. The highest BCUT2D eigenvalue weighted by molar-refractivity contribution is 5.95. The van der Waals surface area contributed by atoms with Crippen molar-refractivity contribution in [3.63, 3.8) is 0 Å². The number of carbonyl (C=O) groups excluding carboxylic acids is 1. The molecule has 3 aromatic rings. The molecule has 0 amide bonds. The fourth-order valence-electron chi connectivity index (χ4n) is 2.66. The Kier molecular flexibility index (Phi) is 5.12. The van der Waals surface area contributed by atoms with Crippen LogP contribution in [0.15, 0.2) is 23.0 Å². The maximum atomic E-state index is 14.2. The molecule has 2 aromatic carbocycles. The Morgan fingerprint density at radius 3 is 2.00 bits per heavy atom. The van der Waals surface area contributed by atoms with Gasteiger partial charge in [-0.15, -0.1) is 0 Å². The largest absolute Gasteiger partial charge is 0.416 e. The molecule has 0 radical (unpaired) electrons. The van der Waals surface area contributed by atoms with E-state index in [1.807, 2.05) is 0 Å². The van der Waals surface area contributed by atoms with Gasteiger partial charge in [-0.2, -0.15) is 8.78 Å². The summed E-state index contributed by atoms with van der Waals surface area (Å²) in [6.45, 7) is 3.44. The Bertz CT molecular complexity index is 1190. The maximum absolute atomic E-state index is 14.2. The van der Waals surface area contributed by atoms with Crippen LogP contribution in [0.25, 0.3) is 10.9 Å². The first-order valence-electron chi connectivity index (χ1n) is 8.13. The lowest BCUT2D eigenvalue weighted by molar-refractivity contribution is 0.0714. The van der Waals surface area contributed by atoms with Crippen molar-refractivity contribution in [1.29, 1.82) is 0 Å². The number of ether oxygens (including phenoxy) is 1. The lowest BCUT2D eigenvalue weighted by atomic mass is 10.00. The molecule has 152 valence electrons. The number of nitrogens with one attached hydrogen (secondary N) is 1. The number of fused-ring (bicyclic) bond motifs is 1. The molecule has 1 aromatic heterocycles. The van der Waals surface area contributed by atoms with Crippen LogP contribution in [0, 0.1) is 34.9 Å². The van der Waals surface area contributed by atoms with E-state index in [-0.39, 0.29) is 16.8 Å². The molecule has 10 heteroatoms. The molecular formula is C19H11F6NO3. The Hall–Kier alpha value is -3.30. The number of esters is 1. The quantitative estimate of drug-likeness (QED) is 0.222. The molecule has 0 aliphatic carbocycles. The molecule has 0 fully saturated rings. The summed E-state index contributed by atoms with van der Waals surface area (Å²) in [4.78, 5) is 26.6. The average Bonchev–Trinajstić information content (AvgIpc) is 2.67. The highest BCUT2D eigenvalue weighted by Gasteiger charge is 2.29. The Morgan fingerprint density at radius 2 is 1.45 bits per heavy atom. The van der Waals surface area contributed by atoms with E-state index in [0.29, 0.717) is 5.56 Å². The van der Waals surface area contributed by atoms with Crippen molar-refractivity contribution in [2.75, 3.05) is 0 Å².